The van der Waals surface area contributed by atoms with E-state index in [0.29, 0.717) is 0 Å². The molecule has 134 valence electrons. The summed E-state index contributed by atoms with van der Waals surface area (Å²) in [6.07, 6.45) is -4.17. The fraction of sp³-hybridized carbons (Fsp3) is 0.0435. The van der Waals surface area contributed by atoms with Gasteiger partial charge >= 0.3 is 6.18 Å². The van der Waals surface area contributed by atoms with Crippen LogP contribution >= 0.6 is 11.3 Å². The van der Waals surface area contributed by atoms with Crippen molar-refractivity contribution in [3.63, 3.8) is 0 Å². The zero-order valence-corrected chi connectivity index (χ0v) is 15.0. The number of rotatable bonds is 2. The molecule has 1 aromatic heterocycles. The third-order valence-corrected chi connectivity index (χ3v) is 5.26. The predicted octanol–water partition coefficient (Wildman–Crippen LogP) is 7.77. The maximum Gasteiger partial charge on any atom is 0.416 e. The minimum Gasteiger partial charge on any atom is -0.166 e. The predicted molar refractivity (Wildman–Crippen MR) is 106 cm³/mol. The maximum absolute atomic E-state index is 11.8. The Bertz CT molecular complexity index is 974. The Hall–Kier alpha value is -2.85. The second kappa shape index (κ2) is 7.05. The van der Waals surface area contributed by atoms with Gasteiger partial charge in [-0.15, -0.1) is 11.3 Å². The Morgan fingerprint density at radius 1 is 0.593 bits per heavy atom. The summed E-state index contributed by atoms with van der Waals surface area (Å²) in [7, 11) is 0. The van der Waals surface area contributed by atoms with E-state index in [1.165, 1.54) is 21.6 Å². The summed E-state index contributed by atoms with van der Waals surface area (Å²) < 4.78 is 35.4. The molecule has 0 aliphatic heterocycles. The van der Waals surface area contributed by atoms with Crippen molar-refractivity contribution >= 4 is 11.3 Å². The molecule has 0 saturated heterocycles. The SMILES string of the molecule is FC(F)(F)c1cc2cc-2c1.c1ccc(-c2ccsc2-c2ccccc2)cc1. The summed E-state index contributed by atoms with van der Waals surface area (Å²) in [5.41, 5.74) is 4.83. The van der Waals surface area contributed by atoms with Gasteiger partial charge < -0.3 is 0 Å². The summed E-state index contributed by atoms with van der Waals surface area (Å²) in [4.78, 5) is 1.34. The van der Waals surface area contributed by atoms with Crippen molar-refractivity contribution in [2.24, 2.45) is 0 Å². The maximum atomic E-state index is 11.8. The van der Waals surface area contributed by atoms with Crippen LogP contribution in [-0.2, 0) is 6.18 Å². The molecule has 4 heteroatoms. The number of hydrogen-bond donors (Lipinski definition) is 0. The molecule has 1 heterocycles. The van der Waals surface area contributed by atoms with Gasteiger partial charge in [-0.05, 0) is 51.9 Å². The molecule has 0 radical (unpaired) electrons. The Labute approximate surface area is 159 Å². The van der Waals surface area contributed by atoms with Gasteiger partial charge in [0, 0.05) is 10.4 Å². The number of halogens is 3. The zero-order valence-electron chi connectivity index (χ0n) is 14.2. The van der Waals surface area contributed by atoms with Crippen LogP contribution in [0.15, 0.2) is 90.3 Å². The minimum atomic E-state index is -4.17. The van der Waals surface area contributed by atoms with E-state index in [0.717, 1.165) is 23.3 Å². The first-order chi connectivity index (χ1) is 13.0. The smallest absolute Gasteiger partial charge is 0.166 e. The van der Waals surface area contributed by atoms with Crippen LogP contribution in [0.25, 0.3) is 32.7 Å². The molecule has 0 saturated carbocycles. The molecule has 5 rings (SSSR count). The molecule has 0 atom stereocenters. The molecule has 3 aromatic rings. The van der Waals surface area contributed by atoms with E-state index < -0.39 is 11.7 Å². The van der Waals surface area contributed by atoms with Crippen molar-refractivity contribution in [2.45, 2.75) is 6.18 Å². The van der Waals surface area contributed by atoms with Gasteiger partial charge in [0.05, 0.1) is 5.56 Å². The van der Waals surface area contributed by atoms with Gasteiger partial charge in [0.2, 0.25) is 0 Å². The van der Waals surface area contributed by atoms with Crippen molar-refractivity contribution in [3.05, 3.63) is 95.9 Å². The highest BCUT2D eigenvalue weighted by Crippen LogP contribution is 2.42. The van der Waals surface area contributed by atoms with Gasteiger partial charge in [0.15, 0.2) is 0 Å². The molecule has 2 aromatic carbocycles. The van der Waals surface area contributed by atoms with Gasteiger partial charge in [-0.25, -0.2) is 0 Å². The Morgan fingerprint density at radius 2 is 1.15 bits per heavy atom. The van der Waals surface area contributed by atoms with Crippen LogP contribution in [0.1, 0.15) is 5.56 Å². The van der Waals surface area contributed by atoms with Crippen LogP contribution < -0.4 is 0 Å². The van der Waals surface area contributed by atoms with Crippen LogP contribution in [0.3, 0.4) is 0 Å². The molecule has 0 amide bonds. The van der Waals surface area contributed by atoms with Crippen LogP contribution in [0.5, 0.6) is 0 Å². The van der Waals surface area contributed by atoms with Crippen LogP contribution in [-0.4, -0.2) is 0 Å². The number of fused-ring (bicyclic) bond motifs is 1. The Morgan fingerprint density at radius 3 is 1.67 bits per heavy atom. The highest BCUT2D eigenvalue weighted by molar-refractivity contribution is 7.14. The Balaban J connectivity index is 0.000000153. The molecule has 2 aliphatic carbocycles. The van der Waals surface area contributed by atoms with Crippen molar-refractivity contribution in [1.82, 2.24) is 0 Å². The Kier molecular flexibility index (Phi) is 4.58. The largest absolute Gasteiger partial charge is 0.416 e. The first kappa shape index (κ1) is 17.6. The van der Waals surface area contributed by atoms with Gasteiger partial charge in [-0.3, -0.25) is 0 Å². The highest BCUT2D eigenvalue weighted by atomic mass is 32.1. The molecule has 0 fully saturated rings. The monoisotopic (exact) mass is 380 g/mol. The van der Waals surface area contributed by atoms with Crippen molar-refractivity contribution < 1.29 is 13.2 Å². The number of hydrogen-bond acceptors (Lipinski definition) is 1. The number of alkyl halides is 3. The first-order valence-electron chi connectivity index (χ1n) is 8.43. The van der Waals surface area contributed by atoms with E-state index in [1.807, 2.05) is 0 Å². The fourth-order valence-electron chi connectivity index (χ4n) is 2.89. The molecule has 27 heavy (non-hydrogen) atoms. The highest BCUT2D eigenvalue weighted by Gasteiger charge is 2.34. The molecule has 0 nitrogen and oxygen atoms in total. The number of benzene rings is 3. The quantitative estimate of drug-likeness (QED) is 0.293. The molecular formula is C23H15F3S. The van der Waals surface area contributed by atoms with Crippen LogP contribution in [0.2, 0.25) is 0 Å². The van der Waals surface area contributed by atoms with E-state index in [9.17, 15) is 13.2 Å². The van der Waals surface area contributed by atoms with E-state index in [2.05, 4.69) is 72.1 Å². The van der Waals surface area contributed by atoms with E-state index in [4.69, 9.17) is 0 Å². The van der Waals surface area contributed by atoms with E-state index >= 15 is 0 Å². The topological polar surface area (TPSA) is 0 Å². The molecule has 2 aliphatic rings. The van der Waals surface area contributed by atoms with Crippen molar-refractivity contribution in [3.8, 4) is 32.7 Å². The van der Waals surface area contributed by atoms with E-state index in [1.54, 1.807) is 17.4 Å². The summed E-state index contributed by atoms with van der Waals surface area (Å²) in [5, 5.41) is 2.16. The van der Waals surface area contributed by atoms with E-state index in [-0.39, 0.29) is 0 Å². The normalized spacial score (nSPS) is 11.5. The lowest BCUT2D eigenvalue weighted by Crippen LogP contribution is -2.01. The lowest BCUT2D eigenvalue weighted by atomic mass is 10.0. The lowest BCUT2D eigenvalue weighted by molar-refractivity contribution is -0.137. The average Bonchev–Trinajstić information content (AvgIpc) is 3.09. The van der Waals surface area contributed by atoms with Crippen molar-refractivity contribution in [1.29, 1.82) is 0 Å². The minimum absolute atomic E-state index is 0.528. The summed E-state index contributed by atoms with van der Waals surface area (Å²) in [6.45, 7) is 0. The summed E-state index contributed by atoms with van der Waals surface area (Å²) in [6, 6.07) is 27.3. The van der Waals surface area contributed by atoms with Gasteiger partial charge in [-0.2, -0.15) is 13.2 Å². The first-order valence-corrected chi connectivity index (χ1v) is 9.31. The summed E-state index contributed by atoms with van der Waals surface area (Å²) in [5.74, 6) is 0. The summed E-state index contributed by atoms with van der Waals surface area (Å²) >= 11 is 1.80. The van der Waals surface area contributed by atoms with Gasteiger partial charge in [-0.1, -0.05) is 60.7 Å². The van der Waals surface area contributed by atoms with Gasteiger partial charge in [0.1, 0.15) is 0 Å². The molecule has 0 bridgehead atoms. The molecule has 0 unspecified atom stereocenters. The number of thiophene rings is 1. The average molecular weight is 380 g/mol. The molecular weight excluding hydrogens is 365 g/mol. The van der Waals surface area contributed by atoms with Crippen molar-refractivity contribution in [2.75, 3.05) is 0 Å². The standard InChI is InChI=1S/C16H12S.C7H3F3/c1-3-7-13(8-4-1)15-11-12-17-16(15)14-9-5-2-6-10-14;8-7(9,10)6-2-4-1-5(4)3-6/h1-12H;1-3H. The van der Waals surface area contributed by atoms with Crippen LogP contribution in [0, 0.1) is 0 Å². The zero-order chi connectivity index (χ0) is 18.9. The van der Waals surface area contributed by atoms with Crippen LogP contribution in [0.4, 0.5) is 13.2 Å². The third kappa shape index (κ3) is 3.96. The van der Waals surface area contributed by atoms with Gasteiger partial charge in [0.25, 0.3) is 0 Å². The fourth-order valence-corrected chi connectivity index (χ4v) is 3.81. The second-order valence-electron chi connectivity index (χ2n) is 6.19. The molecule has 0 N–H and O–H groups in total. The second-order valence-corrected chi connectivity index (χ2v) is 7.11. The lowest BCUT2D eigenvalue weighted by Gasteiger charge is -2.03. The third-order valence-electron chi connectivity index (χ3n) is 4.30. The molecule has 0 spiro atoms.